The van der Waals surface area contributed by atoms with Gasteiger partial charge in [0.1, 0.15) is 23.5 Å². The average Bonchev–Trinajstić information content (AvgIpc) is 3.22. The first kappa shape index (κ1) is 19.8. The van der Waals surface area contributed by atoms with Gasteiger partial charge in [0, 0.05) is 29.7 Å². The maximum absolute atomic E-state index is 6.57. The highest BCUT2D eigenvalue weighted by Gasteiger charge is 2.36. The number of fused-ring (bicyclic) bond motifs is 1. The summed E-state index contributed by atoms with van der Waals surface area (Å²) < 4.78 is 2.16. The topological polar surface area (TPSA) is 121 Å². The minimum Gasteiger partial charge on any atom is -0.383 e. The Kier molecular flexibility index (Phi) is 4.55. The number of hydrogen-bond acceptors (Lipinski definition) is 7. The van der Waals surface area contributed by atoms with Gasteiger partial charge in [-0.15, -0.1) is 0 Å². The molecule has 1 saturated carbocycles. The van der Waals surface area contributed by atoms with E-state index in [-0.39, 0.29) is 11.6 Å². The summed E-state index contributed by atoms with van der Waals surface area (Å²) in [5.41, 5.74) is 17.9. The molecular formula is C25H24N8. The number of nitrogens with two attached hydrogens (primary N) is 2. The molecule has 4 N–H and O–H groups in total. The molecule has 6 rings (SSSR count). The van der Waals surface area contributed by atoms with Crippen LogP contribution >= 0.6 is 0 Å². The Morgan fingerprint density at radius 3 is 2.61 bits per heavy atom. The lowest BCUT2D eigenvalue weighted by Gasteiger charge is -2.40. The van der Waals surface area contributed by atoms with Crippen molar-refractivity contribution in [2.24, 2.45) is 5.73 Å². The van der Waals surface area contributed by atoms with E-state index in [1.54, 1.807) is 18.6 Å². The lowest BCUT2D eigenvalue weighted by Crippen LogP contribution is -2.48. The lowest BCUT2D eigenvalue weighted by atomic mass is 9.71. The van der Waals surface area contributed by atoms with E-state index in [4.69, 9.17) is 21.4 Å². The van der Waals surface area contributed by atoms with E-state index in [1.807, 2.05) is 24.3 Å². The van der Waals surface area contributed by atoms with Gasteiger partial charge in [0.2, 0.25) is 0 Å². The first-order valence-electron chi connectivity index (χ1n) is 11.2. The molecule has 2 aliphatic carbocycles. The van der Waals surface area contributed by atoms with E-state index >= 15 is 0 Å². The molecule has 1 unspecified atom stereocenters. The predicted molar refractivity (Wildman–Crippen MR) is 128 cm³/mol. The number of nitrogen functional groups attached to an aromatic ring is 1. The fourth-order valence-electron chi connectivity index (χ4n) is 4.69. The number of anilines is 1. The Morgan fingerprint density at radius 2 is 1.91 bits per heavy atom. The highest BCUT2D eigenvalue weighted by atomic mass is 15.2. The molecule has 0 amide bonds. The van der Waals surface area contributed by atoms with Crippen molar-refractivity contribution in [1.82, 2.24) is 29.5 Å². The summed E-state index contributed by atoms with van der Waals surface area (Å²) in [6.45, 7) is 0. The third kappa shape index (κ3) is 3.30. The van der Waals surface area contributed by atoms with Crippen LogP contribution < -0.4 is 11.5 Å². The zero-order valence-electron chi connectivity index (χ0n) is 18.1. The zero-order chi connectivity index (χ0) is 22.4. The van der Waals surface area contributed by atoms with Crippen LogP contribution in [0.3, 0.4) is 0 Å². The van der Waals surface area contributed by atoms with Crippen LogP contribution in [0, 0.1) is 0 Å². The van der Waals surface area contributed by atoms with Gasteiger partial charge < -0.3 is 16.0 Å². The first-order chi connectivity index (χ1) is 16.1. The monoisotopic (exact) mass is 436 g/mol. The molecule has 8 heteroatoms. The Balaban J connectivity index is 1.50. The van der Waals surface area contributed by atoms with Crippen molar-refractivity contribution in [3.63, 3.8) is 0 Å². The maximum Gasteiger partial charge on any atom is 0.161 e. The Morgan fingerprint density at radius 1 is 1.06 bits per heavy atom. The normalized spacial score (nSPS) is 19.3. The molecule has 4 heterocycles. The summed E-state index contributed by atoms with van der Waals surface area (Å²) in [6, 6.07) is 7.78. The van der Waals surface area contributed by atoms with Crippen molar-refractivity contribution in [3.8, 4) is 22.6 Å². The van der Waals surface area contributed by atoms with Gasteiger partial charge in [-0.05, 0) is 55.5 Å². The summed E-state index contributed by atoms with van der Waals surface area (Å²) in [4.78, 5) is 22.4. The summed E-state index contributed by atoms with van der Waals surface area (Å²) in [6.07, 6.45) is 17.5. The molecule has 0 aliphatic heterocycles. The zero-order valence-corrected chi connectivity index (χ0v) is 18.1. The van der Waals surface area contributed by atoms with Gasteiger partial charge in [-0.1, -0.05) is 18.2 Å². The molecule has 0 bridgehead atoms. The SMILES string of the molecule is Nc1ncccc1-c1nc2ccc(-c3cncnc3)nc2n1C1C=CC(C2(N)CCC2)=CC1. The summed E-state index contributed by atoms with van der Waals surface area (Å²) in [5.74, 6) is 1.19. The molecule has 1 fully saturated rings. The van der Waals surface area contributed by atoms with E-state index in [9.17, 15) is 0 Å². The summed E-state index contributed by atoms with van der Waals surface area (Å²) >= 11 is 0. The molecule has 0 saturated heterocycles. The highest BCUT2D eigenvalue weighted by molar-refractivity contribution is 5.82. The molecule has 8 nitrogen and oxygen atoms in total. The molecular weight excluding hydrogens is 412 g/mol. The Hall–Kier alpha value is -3.91. The van der Waals surface area contributed by atoms with E-state index in [2.05, 4.69) is 37.7 Å². The highest BCUT2D eigenvalue weighted by Crippen LogP contribution is 2.40. The first-order valence-corrected chi connectivity index (χ1v) is 11.2. The van der Waals surface area contributed by atoms with Gasteiger partial charge in [0.15, 0.2) is 5.65 Å². The molecule has 1 atom stereocenters. The van der Waals surface area contributed by atoms with Crippen LogP contribution in [0.1, 0.15) is 31.7 Å². The van der Waals surface area contributed by atoms with Gasteiger partial charge >= 0.3 is 0 Å². The van der Waals surface area contributed by atoms with Gasteiger partial charge in [0.25, 0.3) is 0 Å². The number of pyridine rings is 2. The number of allylic oxidation sites excluding steroid dienone is 2. The lowest BCUT2D eigenvalue weighted by molar-refractivity contribution is 0.302. The van der Waals surface area contributed by atoms with E-state index in [0.717, 1.165) is 53.1 Å². The van der Waals surface area contributed by atoms with Crippen molar-refractivity contribution in [3.05, 3.63) is 73.0 Å². The predicted octanol–water partition coefficient (Wildman–Crippen LogP) is 3.84. The van der Waals surface area contributed by atoms with E-state index in [0.29, 0.717) is 5.82 Å². The fourth-order valence-corrected chi connectivity index (χ4v) is 4.69. The van der Waals surface area contributed by atoms with Crippen molar-refractivity contribution >= 4 is 17.0 Å². The Bertz CT molecular complexity index is 1400. The number of nitrogens with zero attached hydrogens (tertiary/aromatic N) is 6. The van der Waals surface area contributed by atoms with Crippen LogP contribution in [0.25, 0.3) is 33.8 Å². The molecule has 0 radical (unpaired) electrons. The largest absolute Gasteiger partial charge is 0.383 e. The summed E-state index contributed by atoms with van der Waals surface area (Å²) in [7, 11) is 0. The van der Waals surface area contributed by atoms with Gasteiger partial charge in [-0.25, -0.2) is 24.9 Å². The standard InChI is InChI=1S/C25H24N8/c26-22-19(3-1-12-30-22)23-32-21-9-8-20(16-13-28-15-29-14-16)31-24(21)33(23)18-6-4-17(5-7-18)25(27)10-2-11-25/h1,3-6,8-9,12-15,18H,2,7,10-11,27H2,(H2,26,30). The quantitative estimate of drug-likeness (QED) is 0.498. The molecule has 2 aliphatic rings. The molecule has 164 valence electrons. The fraction of sp³-hybridized carbons (Fsp3) is 0.240. The molecule has 4 aromatic heterocycles. The van der Waals surface area contributed by atoms with Crippen LogP contribution in [0.15, 0.2) is 73.0 Å². The molecule has 33 heavy (non-hydrogen) atoms. The van der Waals surface area contributed by atoms with Crippen LogP contribution in [-0.2, 0) is 0 Å². The third-order valence-corrected chi connectivity index (χ3v) is 6.70. The van der Waals surface area contributed by atoms with Crippen molar-refractivity contribution in [1.29, 1.82) is 0 Å². The van der Waals surface area contributed by atoms with Crippen molar-refractivity contribution < 1.29 is 0 Å². The van der Waals surface area contributed by atoms with Crippen molar-refractivity contribution in [2.45, 2.75) is 37.3 Å². The second-order valence-electron chi connectivity index (χ2n) is 8.74. The second kappa shape index (κ2) is 7.60. The van der Waals surface area contributed by atoms with E-state index < -0.39 is 0 Å². The number of aromatic nitrogens is 6. The minimum absolute atomic E-state index is 0.0341. The Labute approximate surface area is 191 Å². The van der Waals surface area contributed by atoms with Gasteiger partial charge in [0.05, 0.1) is 17.3 Å². The van der Waals surface area contributed by atoms with Crippen LogP contribution in [0.4, 0.5) is 5.82 Å². The molecule has 0 aromatic carbocycles. The smallest absolute Gasteiger partial charge is 0.161 e. The number of rotatable bonds is 4. The molecule has 4 aromatic rings. The second-order valence-corrected chi connectivity index (χ2v) is 8.74. The van der Waals surface area contributed by atoms with E-state index in [1.165, 1.54) is 18.3 Å². The minimum atomic E-state index is -0.173. The van der Waals surface area contributed by atoms with Crippen molar-refractivity contribution in [2.75, 3.05) is 5.73 Å². The van der Waals surface area contributed by atoms with Crippen LogP contribution in [-0.4, -0.2) is 35.0 Å². The summed E-state index contributed by atoms with van der Waals surface area (Å²) in [5, 5.41) is 0. The maximum atomic E-state index is 6.57. The van der Waals surface area contributed by atoms with Crippen LogP contribution in [0.2, 0.25) is 0 Å². The number of imidazole rings is 1. The van der Waals surface area contributed by atoms with Crippen LogP contribution in [0.5, 0.6) is 0 Å². The average molecular weight is 437 g/mol. The van der Waals surface area contributed by atoms with Gasteiger partial charge in [-0.2, -0.15) is 0 Å². The molecule has 0 spiro atoms. The third-order valence-electron chi connectivity index (χ3n) is 6.70. The van der Waals surface area contributed by atoms with Gasteiger partial charge in [-0.3, -0.25) is 0 Å². The number of hydrogen-bond donors (Lipinski definition) is 2.